The first-order valence-electron chi connectivity index (χ1n) is 10.1. The number of aryl methyl sites for hydroxylation is 1. The minimum Gasteiger partial charge on any atom is -0.346 e. The van der Waals surface area contributed by atoms with Crippen LogP contribution in [0.5, 0.6) is 0 Å². The van der Waals surface area contributed by atoms with Gasteiger partial charge in [0.15, 0.2) is 0 Å². The number of benzene rings is 2. The van der Waals surface area contributed by atoms with Gasteiger partial charge in [0, 0.05) is 38.4 Å². The number of amides is 2. The molecule has 1 fully saturated rings. The van der Waals surface area contributed by atoms with E-state index in [0.717, 1.165) is 49.5 Å². The lowest BCUT2D eigenvalue weighted by atomic mass is 10.1. The Balaban J connectivity index is 1.36. The summed E-state index contributed by atoms with van der Waals surface area (Å²) in [6, 6.07) is 16.2. The van der Waals surface area contributed by atoms with Crippen molar-refractivity contribution in [2.75, 3.05) is 44.6 Å². The third kappa shape index (κ3) is 6.41. The van der Waals surface area contributed by atoms with E-state index in [0.29, 0.717) is 6.54 Å². The van der Waals surface area contributed by atoms with Gasteiger partial charge in [0.25, 0.3) is 0 Å². The van der Waals surface area contributed by atoms with Crippen LogP contribution in [0.1, 0.15) is 16.7 Å². The molecule has 2 aromatic rings. The molecule has 0 radical (unpaired) electrons. The number of nitrogens with zero attached hydrogens (tertiary/aromatic N) is 2. The summed E-state index contributed by atoms with van der Waals surface area (Å²) in [6.45, 7) is 8.83. The van der Waals surface area contributed by atoms with E-state index in [9.17, 15) is 9.59 Å². The van der Waals surface area contributed by atoms with E-state index in [1.165, 1.54) is 5.56 Å². The lowest BCUT2D eigenvalue weighted by Crippen LogP contribution is -2.49. The number of nitrogens with one attached hydrogen (secondary N) is 2. The number of hydrogen-bond acceptors (Lipinski definition) is 4. The van der Waals surface area contributed by atoms with E-state index in [4.69, 9.17) is 0 Å². The Labute approximate surface area is 172 Å². The molecular weight excluding hydrogens is 364 g/mol. The maximum absolute atomic E-state index is 12.2. The molecule has 0 saturated carbocycles. The van der Waals surface area contributed by atoms with Crippen molar-refractivity contribution in [1.82, 2.24) is 15.1 Å². The van der Waals surface area contributed by atoms with Crippen molar-refractivity contribution < 1.29 is 9.59 Å². The summed E-state index contributed by atoms with van der Waals surface area (Å²) in [5, 5.41) is 5.59. The highest BCUT2D eigenvalue weighted by atomic mass is 16.2. The molecule has 29 heavy (non-hydrogen) atoms. The molecule has 0 aliphatic carbocycles. The molecule has 1 heterocycles. The van der Waals surface area contributed by atoms with E-state index in [1.807, 2.05) is 38.1 Å². The Morgan fingerprint density at radius 1 is 0.862 bits per heavy atom. The van der Waals surface area contributed by atoms with Gasteiger partial charge >= 0.3 is 0 Å². The van der Waals surface area contributed by atoms with Crippen LogP contribution < -0.4 is 10.6 Å². The minimum absolute atomic E-state index is 0.0137. The second-order valence-electron chi connectivity index (χ2n) is 7.61. The van der Waals surface area contributed by atoms with Gasteiger partial charge in [-0.15, -0.1) is 0 Å². The van der Waals surface area contributed by atoms with Crippen molar-refractivity contribution >= 4 is 17.5 Å². The second kappa shape index (κ2) is 10.2. The molecule has 0 bridgehead atoms. The molecule has 1 aliphatic heterocycles. The SMILES string of the molecule is Cc1cccc(NC(=O)CNC(=O)CN2CCN(Cc3ccccc3)CC2)c1C. The first-order chi connectivity index (χ1) is 14.0. The summed E-state index contributed by atoms with van der Waals surface area (Å²) in [5.41, 5.74) is 4.27. The summed E-state index contributed by atoms with van der Waals surface area (Å²) < 4.78 is 0. The average molecular weight is 395 g/mol. The molecule has 1 aliphatic rings. The summed E-state index contributed by atoms with van der Waals surface area (Å²) in [4.78, 5) is 28.9. The zero-order valence-corrected chi connectivity index (χ0v) is 17.3. The summed E-state index contributed by atoms with van der Waals surface area (Å²) in [5.74, 6) is -0.322. The van der Waals surface area contributed by atoms with Gasteiger partial charge < -0.3 is 10.6 Å². The number of rotatable bonds is 7. The lowest BCUT2D eigenvalue weighted by Gasteiger charge is -2.34. The van der Waals surface area contributed by atoms with Gasteiger partial charge in [0.1, 0.15) is 0 Å². The van der Waals surface area contributed by atoms with Crippen molar-refractivity contribution in [3.8, 4) is 0 Å². The molecule has 2 N–H and O–H groups in total. The molecule has 6 heteroatoms. The Bertz CT molecular complexity index is 830. The third-order valence-electron chi connectivity index (χ3n) is 5.41. The molecule has 2 aromatic carbocycles. The molecule has 0 atom stereocenters. The standard InChI is InChI=1S/C23H30N4O2/c1-18-7-6-10-21(19(18)2)25-22(28)15-24-23(29)17-27-13-11-26(12-14-27)16-20-8-4-3-5-9-20/h3-10H,11-17H2,1-2H3,(H,24,29)(H,25,28). The van der Waals surface area contributed by atoms with E-state index >= 15 is 0 Å². The fraction of sp³-hybridized carbons (Fsp3) is 0.391. The van der Waals surface area contributed by atoms with Crippen LogP contribution in [0, 0.1) is 13.8 Å². The lowest BCUT2D eigenvalue weighted by molar-refractivity contribution is -0.125. The van der Waals surface area contributed by atoms with Crippen LogP contribution in [0.15, 0.2) is 48.5 Å². The Morgan fingerprint density at radius 3 is 2.28 bits per heavy atom. The predicted molar refractivity (Wildman–Crippen MR) is 116 cm³/mol. The number of piperazine rings is 1. The van der Waals surface area contributed by atoms with Gasteiger partial charge in [0.05, 0.1) is 13.1 Å². The van der Waals surface area contributed by atoms with Gasteiger partial charge in [0.2, 0.25) is 11.8 Å². The van der Waals surface area contributed by atoms with Gasteiger partial charge in [-0.05, 0) is 36.6 Å². The van der Waals surface area contributed by atoms with Crippen LogP contribution in [0.2, 0.25) is 0 Å². The van der Waals surface area contributed by atoms with Crippen molar-refractivity contribution in [2.24, 2.45) is 0 Å². The fourth-order valence-corrected chi connectivity index (χ4v) is 3.47. The van der Waals surface area contributed by atoms with Crippen molar-refractivity contribution in [3.05, 3.63) is 65.2 Å². The largest absolute Gasteiger partial charge is 0.346 e. The first kappa shape index (κ1) is 21.0. The van der Waals surface area contributed by atoms with Crippen molar-refractivity contribution in [2.45, 2.75) is 20.4 Å². The highest BCUT2D eigenvalue weighted by Gasteiger charge is 2.19. The normalized spacial score (nSPS) is 15.1. The summed E-state index contributed by atoms with van der Waals surface area (Å²) in [7, 11) is 0. The minimum atomic E-state index is -0.209. The topological polar surface area (TPSA) is 64.7 Å². The van der Waals surface area contributed by atoms with E-state index in [-0.39, 0.29) is 18.4 Å². The van der Waals surface area contributed by atoms with E-state index < -0.39 is 0 Å². The van der Waals surface area contributed by atoms with E-state index in [1.54, 1.807) is 0 Å². The fourth-order valence-electron chi connectivity index (χ4n) is 3.47. The van der Waals surface area contributed by atoms with Crippen molar-refractivity contribution in [1.29, 1.82) is 0 Å². The Hall–Kier alpha value is -2.70. The highest BCUT2D eigenvalue weighted by Crippen LogP contribution is 2.17. The van der Waals surface area contributed by atoms with Gasteiger partial charge in [-0.3, -0.25) is 19.4 Å². The molecule has 154 valence electrons. The van der Waals surface area contributed by atoms with Crippen LogP contribution in [0.3, 0.4) is 0 Å². The van der Waals surface area contributed by atoms with Crippen molar-refractivity contribution in [3.63, 3.8) is 0 Å². The van der Waals surface area contributed by atoms with Gasteiger partial charge in [-0.1, -0.05) is 42.5 Å². The Morgan fingerprint density at radius 2 is 1.55 bits per heavy atom. The zero-order valence-electron chi connectivity index (χ0n) is 17.3. The zero-order chi connectivity index (χ0) is 20.6. The monoisotopic (exact) mass is 394 g/mol. The number of anilines is 1. The van der Waals surface area contributed by atoms with Gasteiger partial charge in [-0.25, -0.2) is 0 Å². The van der Waals surface area contributed by atoms with Crippen LogP contribution >= 0.6 is 0 Å². The van der Waals surface area contributed by atoms with Crippen LogP contribution in [-0.4, -0.2) is 60.9 Å². The predicted octanol–water partition coefficient (Wildman–Crippen LogP) is 2.18. The molecule has 0 spiro atoms. The molecule has 0 unspecified atom stereocenters. The second-order valence-corrected chi connectivity index (χ2v) is 7.61. The number of hydrogen-bond donors (Lipinski definition) is 2. The van der Waals surface area contributed by atoms with Crippen LogP contribution in [0.25, 0.3) is 0 Å². The average Bonchev–Trinajstić information content (AvgIpc) is 2.72. The first-order valence-corrected chi connectivity index (χ1v) is 10.1. The van der Waals surface area contributed by atoms with Gasteiger partial charge in [-0.2, -0.15) is 0 Å². The third-order valence-corrected chi connectivity index (χ3v) is 5.41. The van der Waals surface area contributed by atoms with E-state index in [2.05, 4.69) is 44.7 Å². The smallest absolute Gasteiger partial charge is 0.243 e. The quantitative estimate of drug-likeness (QED) is 0.756. The maximum atomic E-state index is 12.2. The van der Waals surface area contributed by atoms with Crippen LogP contribution in [-0.2, 0) is 16.1 Å². The molecule has 6 nitrogen and oxygen atoms in total. The molecule has 0 aromatic heterocycles. The molecule has 1 saturated heterocycles. The number of carbonyl (C=O) groups is 2. The molecule has 3 rings (SSSR count). The number of carbonyl (C=O) groups excluding carboxylic acids is 2. The Kier molecular flexibility index (Phi) is 7.38. The molecular formula is C23H30N4O2. The summed E-state index contributed by atoms with van der Waals surface area (Å²) in [6.07, 6.45) is 0. The maximum Gasteiger partial charge on any atom is 0.243 e. The van der Waals surface area contributed by atoms with Crippen LogP contribution in [0.4, 0.5) is 5.69 Å². The summed E-state index contributed by atoms with van der Waals surface area (Å²) >= 11 is 0. The molecule has 2 amide bonds. The highest BCUT2D eigenvalue weighted by molar-refractivity contribution is 5.95.